The number of carbonyl (C=O) groups excluding carboxylic acids is 1. The number of rotatable bonds is 5. The van der Waals surface area contributed by atoms with E-state index in [2.05, 4.69) is 6.92 Å². The summed E-state index contributed by atoms with van der Waals surface area (Å²) < 4.78 is 0. The summed E-state index contributed by atoms with van der Waals surface area (Å²) in [6, 6.07) is 0. The normalized spacial score (nSPS) is 24.5. The minimum absolute atomic E-state index is 0.447. The molecule has 1 aliphatic carbocycles. The molecule has 0 atom stereocenters. The van der Waals surface area contributed by atoms with Gasteiger partial charge in [-0.1, -0.05) is 59.8 Å². The van der Waals surface area contributed by atoms with Crippen molar-refractivity contribution in [1.29, 1.82) is 0 Å². The first kappa shape index (κ1) is 15.7. The van der Waals surface area contributed by atoms with Gasteiger partial charge in [0.25, 0.3) is 0 Å². The van der Waals surface area contributed by atoms with E-state index >= 15 is 0 Å². The van der Waals surface area contributed by atoms with Crippen LogP contribution in [0, 0.1) is 11.8 Å². The Morgan fingerprint density at radius 2 is 1.50 bits per heavy atom. The van der Waals surface area contributed by atoms with Crippen molar-refractivity contribution in [2.45, 2.75) is 79.1 Å². The zero-order chi connectivity index (χ0) is 12.4. The molecule has 0 amide bonds. The van der Waals surface area contributed by atoms with Gasteiger partial charge in [-0.2, -0.15) is 0 Å². The second-order valence-electron chi connectivity index (χ2n) is 4.73. The predicted molar refractivity (Wildman–Crippen MR) is 71.6 cm³/mol. The van der Waals surface area contributed by atoms with Crippen molar-refractivity contribution >= 4 is 5.78 Å². The van der Waals surface area contributed by atoms with Crippen molar-refractivity contribution in [2.75, 3.05) is 0 Å². The van der Waals surface area contributed by atoms with E-state index in [4.69, 9.17) is 0 Å². The van der Waals surface area contributed by atoms with Crippen LogP contribution < -0.4 is 0 Å². The molecule has 0 N–H and O–H groups in total. The van der Waals surface area contributed by atoms with Crippen molar-refractivity contribution in [2.24, 2.45) is 11.8 Å². The second kappa shape index (κ2) is 9.86. The maximum atomic E-state index is 11.2. The largest absolute Gasteiger partial charge is 0.300 e. The molecule has 0 spiro atoms. The predicted octanol–water partition coefficient (Wildman–Crippen LogP) is 4.99. The SMILES string of the molecule is CC.CCC(=O)CCC1CCC(CC)CC1. The number of carbonyl (C=O) groups is 1. The number of hydrogen-bond acceptors (Lipinski definition) is 1. The molecule has 0 aromatic carbocycles. The first-order valence-electron chi connectivity index (χ1n) is 7.27. The fourth-order valence-corrected chi connectivity index (χ4v) is 2.47. The van der Waals surface area contributed by atoms with Crippen LogP contribution >= 0.6 is 0 Å². The zero-order valence-electron chi connectivity index (χ0n) is 11.7. The molecule has 1 aliphatic rings. The van der Waals surface area contributed by atoms with Crippen LogP contribution in [0.3, 0.4) is 0 Å². The van der Waals surface area contributed by atoms with Crippen molar-refractivity contribution in [3.05, 3.63) is 0 Å². The summed E-state index contributed by atoms with van der Waals surface area (Å²) in [6.07, 6.45) is 9.61. The van der Waals surface area contributed by atoms with E-state index in [1.165, 1.54) is 32.1 Å². The average molecular weight is 226 g/mol. The third kappa shape index (κ3) is 6.30. The van der Waals surface area contributed by atoms with E-state index in [1.807, 2.05) is 20.8 Å². The highest BCUT2D eigenvalue weighted by Crippen LogP contribution is 2.32. The minimum Gasteiger partial charge on any atom is -0.300 e. The van der Waals surface area contributed by atoms with Gasteiger partial charge in [0, 0.05) is 12.8 Å². The molecule has 0 aromatic heterocycles. The zero-order valence-corrected chi connectivity index (χ0v) is 11.7. The van der Waals surface area contributed by atoms with Gasteiger partial charge in [-0.15, -0.1) is 0 Å². The molecule has 1 rings (SSSR count). The van der Waals surface area contributed by atoms with Crippen LogP contribution in [0.1, 0.15) is 79.1 Å². The van der Waals surface area contributed by atoms with Crippen molar-refractivity contribution < 1.29 is 4.79 Å². The van der Waals surface area contributed by atoms with Crippen LogP contribution in [0.25, 0.3) is 0 Å². The number of hydrogen-bond donors (Lipinski definition) is 0. The molecule has 1 heteroatoms. The summed E-state index contributed by atoms with van der Waals surface area (Å²) in [6.45, 7) is 8.27. The molecular formula is C15H30O. The standard InChI is InChI=1S/C13H24O.C2H6/c1-3-11-5-7-12(8-6-11)9-10-13(14)4-2;1-2/h11-12H,3-10H2,1-2H3;1-2H3. The molecular weight excluding hydrogens is 196 g/mol. The lowest BCUT2D eigenvalue weighted by Crippen LogP contribution is -2.14. The molecule has 0 aliphatic heterocycles. The van der Waals surface area contributed by atoms with E-state index < -0.39 is 0 Å². The molecule has 1 saturated carbocycles. The van der Waals surface area contributed by atoms with E-state index in [0.717, 1.165) is 31.1 Å². The van der Waals surface area contributed by atoms with Gasteiger partial charge in [0.2, 0.25) is 0 Å². The quantitative estimate of drug-likeness (QED) is 0.645. The lowest BCUT2D eigenvalue weighted by molar-refractivity contribution is -0.119. The lowest BCUT2D eigenvalue weighted by Gasteiger charge is -2.27. The molecule has 1 nitrogen and oxygen atoms in total. The fourth-order valence-electron chi connectivity index (χ4n) is 2.47. The summed E-state index contributed by atoms with van der Waals surface area (Å²) in [5.74, 6) is 2.28. The molecule has 0 radical (unpaired) electrons. The summed E-state index contributed by atoms with van der Waals surface area (Å²) in [5, 5.41) is 0. The summed E-state index contributed by atoms with van der Waals surface area (Å²) >= 11 is 0. The van der Waals surface area contributed by atoms with E-state index in [-0.39, 0.29) is 0 Å². The second-order valence-corrected chi connectivity index (χ2v) is 4.73. The van der Waals surface area contributed by atoms with Crippen LogP contribution in [0.5, 0.6) is 0 Å². The summed E-state index contributed by atoms with van der Waals surface area (Å²) in [4.78, 5) is 11.2. The van der Waals surface area contributed by atoms with Gasteiger partial charge >= 0.3 is 0 Å². The lowest BCUT2D eigenvalue weighted by atomic mass is 9.79. The Morgan fingerprint density at radius 3 is 1.94 bits per heavy atom. The molecule has 1 fully saturated rings. The Balaban J connectivity index is 0.00000106. The Hall–Kier alpha value is -0.330. The summed E-state index contributed by atoms with van der Waals surface area (Å²) in [7, 11) is 0. The van der Waals surface area contributed by atoms with Crippen LogP contribution in [-0.2, 0) is 4.79 Å². The van der Waals surface area contributed by atoms with Gasteiger partial charge in [-0.05, 0) is 18.3 Å². The van der Waals surface area contributed by atoms with Gasteiger partial charge in [0.1, 0.15) is 5.78 Å². The first-order valence-corrected chi connectivity index (χ1v) is 7.27. The maximum Gasteiger partial charge on any atom is 0.132 e. The van der Waals surface area contributed by atoms with E-state index in [9.17, 15) is 4.79 Å². The van der Waals surface area contributed by atoms with E-state index in [0.29, 0.717) is 5.78 Å². The molecule has 16 heavy (non-hydrogen) atoms. The van der Waals surface area contributed by atoms with Gasteiger partial charge in [-0.3, -0.25) is 4.79 Å². The average Bonchev–Trinajstić information content (AvgIpc) is 2.38. The third-order valence-corrected chi connectivity index (χ3v) is 3.77. The Morgan fingerprint density at radius 1 is 1.00 bits per heavy atom. The molecule has 0 unspecified atom stereocenters. The molecule has 0 aromatic rings. The smallest absolute Gasteiger partial charge is 0.132 e. The Labute approximate surface area is 102 Å². The van der Waals surface area contributed by atoms with Crippen LogP contribution in [0.15, 0.2) is 0 Å². The highest BCUT2D eigenvalue weighted by atomic mass is 16.1. The minimum atomic E-state index is 0.447. The van der Waals surface area contributed by atoms with E-state index in [1.54, 1.807) is 0 Å². The third-order valence-electron chi connectivity index (χ3n) is 3.77. The Bertz CT molecular complexity index is 166. The van der Waals surface area contributed by atoms with Gasteiger partial charge in [0.15, 0.2) is 0 Å². The highest BCUT2D eigenvalue weighted by Gasteiger charge is 2.19. The Kier molecular flexibility index (Phi) is 9.66. The number of ketones is 1. The van der Waals surface area contributed by atoms with Crippen LogP contribution in [0.2, 0.25) is 0 Å². The van der Waals surface area contributed by atoms with Crippen molar-refractivity contribution in [3.63, 3.8) is 0 Å². The summed E-state index contributed by atoms with van der Waals surface area (Å²) in [5.41, 5.74) is 0. The number of Topliss-reactive ketones (excluding diaryl/α,β-unsaturated/α-hetero) is 1. The fraction of sp³-hybridized carbons (Fsp3) is 0.933. The molecule has 96 valence electrons. The monoisotopic (exact) mass is 226 g/mol. The topological polar surface area (TPSA) is 17.1 Å². The molecule has 0 heterocycles. The van der Waals surface area contributed by atoms with Crippen molar-refractivity contribution in [1.82, 2.24) is 0 Å². The maximum absolute atomic E-state index is 11.2. The van der Waals surface area contributed by atoms with Gasteiger partial charge in [-0.25, -0.2) is 0 Å². The van der Waals surface area contributed by atoms with Gasteiger partial charge in [0.05, 0.1) is 0 Å². The first-order chi connectivity index (χ1) is 7.76. The highest BCUT2D eigenvalue weighted by molar-refractivity contribution is 5.77. The van der Waals surface area contributed by atoms with Crippen LogP contribution in [-0.4, -0.2) is 5.78 Å². The molecule has 0 bridgehead atoms. The van der Waals surface area contributed by atoms with Crippen molar-refractivity contribution in [3.8, 4) is 0 Å². The van der Waals surface area contributed by atoms with Gasteiger partial charge < -0.3 is 0 Å². The van der Waals surface area contributed by atoms with Crippen LogP contribution in [0.4, 0.5) is 0 Å². The molecule has 0 saturated heterocycles.